The van der Waals surface area contributed by atoms with Crippen molar-refractivity contribution in [3.63, 3.8) is 0 Å². The molecule has 3 nitrogen and oxygen atoms in total. The van der Waals surface area contributed by atoms with Crippen LogP contribution in [0.2, 0.25) is 0 Å². The molecule has 1 atom stereocenters. The van der Waals surface area contributed by atoms with Gasteiger partial charge in [0.05, 0.1) is 5.56 Å². The van der Waals surface area contributed by atoms with E-state index < -0.39 is 11.7 Å². The van der Waals surface area contributed by atoms with E-state index >= 15 is 0 Å². The van der Waals surface area contributed by atoms with E-state index in [0.29, 0.717) is 11.9 Å². The van der Waals surface area contributed by atoms with Gasteiger partial charge in [-0.05, 0) is 38.4 Å². The molecular formula is C14H20F3N3. The number of aromatic nitrogens is 1. The smallest absolute Gasteiger partial charge is 0.355 e. The van der Waals surface area contributed by atoms with Crippen LogP contribution in [0.4, 0.5) is 19.0 Å². The largest absolute Gasteiger partial charge is 0.417 e. The number of anilines is 1. The van der Waals surface area contributed by atoms with Crippen molar-refractivity contribution in [3.05, 3.63) is 23.9 Å². The number of pyridine rings is 1. The van der Waals surface area contributed by atoms with Gasteiger partial charge in [0.1, 0.15) is 5.82 Å². The van der Waals surface area contributed by atoms with Crippen molar-refractivity contribution >= 4 is 5.82 Å². The number of likely N-dealkylation sites (N-methyl/N-ethyl adjacent to an activating group) is 1. The number of alkyl halides is 3. The number of piperidine rings is 1. The van der Waals surface area contributed by atoms with Crippen LogP contribution in [0, 0.1) is 0 Å². The van der Waals surface area contributed by atoms with Gasteiger partial charge in [0.15, 0.2) is 0 Å². The molecule has 6 heteroatoms. The molecule has 1 aliphatic rings. The van der Waals surface area contributed by atoms with Crippen molar-refractivity contribution in [1.29, 1.82) is 0 Å². The first-order valence-corrected chi connectivity index (χ1v) is 7.02. The molecule has 1 aliphatic heterocycles. The molecule has 1 fully saturated rings. The Balaban J connectivity index is 2.03. The monoisotopic (exact) mass is 287 g/mol. The standard InChI is InChI=1S/C14H20F3N3/c1-2-20(10-12-5-3-4-8-18-12)13-7-6-11(9-19-13)14(15,16)17/h6-7,9,12,18H,2-5,8,10H2,1H3. The minimum absolute atomic E-state index is 0.396. The number of nitrogens with one attached hydrogen (secondary N) is 1. The Labute approximate surface area is 117 Å². The summed E-state index contributed by atoms with van der Waals surface area (Å²) in [6, 6.07) is 2.95. The van der Waals surface area contributed by atoms with E-state index in [2.05, 4.69) is 10.3 Å². The molecule has 0 aliphatic carbocycles. The number of nitrogens with zero attached hydrogens (tertiary/aromatic N) is 2. The molecular weight excluding hydrogens is 267 g/mol. The van der Waals surface area contributed by atoms with Gasteiger partial charge in [0.25, 0.3) is 0 Å². The second kappa shape index (κ2) is 6.43. The summed E-state index contributed by atoms with van der Waals surface area (Å²) in [5, 5.41) is 3.44. The fourth-order valence-electron chi connectivity index (χ4n) is 2.47. The molecule has 1 saturated heterocycles. The first-order valence-electron chi connectivity index (χ1n) is 7.02. The van der Waals surface area contributed by atoms with E-state index in [1.54, 1.807) is 0 Å². The molecule has 1 aromatic heterocycles. The summed E-state index contributed by atoms with van der Waals surface area (Å²) in [4.78, 5) is 5.98. The predicted molar refractivity (Wildman–Crippen MR) is 72.8 cm³/mol. The zero-order valence-electron chi connectivity index (χ0n) is 11.6. The van der Waals surface area contributed by atoms with Gasteiger partial charge >= 0.3 is 6.18 Å². The quantitative estimate of drug-likeness (QED) is 0.922. The van der Waals surface area contributed by atoms with Crippen LogP contribution >= 0.6 is 0 Å². The van der Waals surface area contributed by atoms with Crippen molar-refractivity contribution in [2.24, 2.45) is 0 Å². The SMILES string of the molecule is CCN(CC1CCCCN1)c1ccc(C(F)(F)F)cn1. The summed E-state index contributed by atoms with van der Waals surface area (Å²) in [5.41, 5.74) is -0.701. The maximum atomic E-state index is 12.5. The van der Waals surface area contributed by atoms with Crippen LogP contribution in [0.15, 0.2) is 18.3 Å². The van der Waals surface area contributed by atoms with Gasteiger partial charge in [0, 0.05) is 25.3 Å². The second-order valence-electron chi connectivity index (χ2n) is 5.09. The number of hydrogen-bond donors (Lipinski definition) is 1. The highest BCUT2D eigenvalue weighted by Gasteiger charge is 2.30. The van der Waals surface area contributed by atoms with Crippen molar-refractivity contribution < 1.29 is 13.2 Å². The van der Waals surface area contributed by atoms with Crippen LogP contribution in [0.1, 0.15) is 31.7 Å². The van der Waals surface area contributed by atoms with E-state index in [1.807, 2.05) is 11.8 Å². The van der Waals surface area contributed by atoms with Crippen LogP contribution in [0.3, 0.4) is 0 Å². The first kappa shape index (κ1) is 15.1. The van der Waals surface area contributed by atoms with E-state index in [1.165, 1.54) is 18.9 Å². The lowest BCUT2D eigenvalue weighted by Gasteiger charge is -2.30. The van der Waals surface area contributed by atoms with Crippen molar-refractivity contribution in [2.75, 3.05) is 24.5 Å². The van der Waals surface area contributed by atoms with Crippen molar-refractivity contribution in [2.45, 2.75) is 38.4 Å². The van der Waals surface area contributed by atoms with Gasteiger partial charge in [0.2, 0.25) is 0 Å². The summed E-state index contributed by atoms with van der Waals surface area (Å²) in [5.74, 6) is 0.605. The zero-order chi connectivity index (χ0) is 14.6. The normalized spacial score (nSPS) is 19.9. The molecule has 20 heavy (non-hydrogen) atoms. The van der Waals surface area contributed by atoms with Gasteiger partial charge < -0.3 is 10.2 Å². The molecule has 2 rings (SSSR count). The Hall–Kier alpha value is -1.30. The maximum Gasteiger partial charge on any atom is 0.417 e. The highest BCUT2D eigenvalue weighted by Crippen LogP contribution is 2.29. The molecule has 0 amide bonds. The second-order valence-corrected chi connectivity index (χ2v) is 5.09. The fourth-order valence-corrected chi connectivity index (χ4v) is 2.47. The molecule has 0 bridgehead atoms. The summed E-state index contributed by atoms with van der Waals surface area (Å²) < 4.78 is 37.5. The molecule has 0 aromatic carbocycles. The minimum atomic E-state index is -4.33. The van der Waals surface area contributed by atoms with E-state index in [9.17, 15) is 13.2 Å². The molecule has 0 saturated carbocycles. The average molecular weight is 287 g/mol. The number of halogens is 3. The van der Waals surface area contributed by atoms with Crippen LogP contribution in [0.5, 0.6) is 0 Å². The highest BCUT2D eigenvalue weighted by atomic mass is 19.4. The molecule has 2 heterocycles. The molecule has 1 unspecified atom stereocenters. The van der Waals surface area contributed by atoms with Crippen LogP contribution in [-0.4, -0.2) is 30.7 Å². The zero-order valence-corrected chi connectivity index (χ0v) is 11.6. The van der Waals surface area contributed by atoms with E-state index in [-0.39, 0.29) is 0 Å². The topological polar surface area (TPSA) is 28.2 Å². The van der Waals surface area contributed by atoms with Gasteiger partial charge in [-0.15, -0.1) is 0 Å². The molecule has 1 aromatic rings. The fraction of sp³-hybridized carbons (Fsp3) is 0.643. The van der Waals surface area contributed by atoms with E-state index in [4.69, 9.17) is 0 Å². The average Bonchev–Trinajstić information content (AvgIpc) is 2.45. The Morgan fingerprint density at radius 3 is 2.65 bits per heavy atom. The van der Waals surface area contributed by atoms with Gasteiger partial charge in [-0.1, -0.05) is 6.42 Å². The molecule has 0 radical (unpaired) electrons. The summed E-state index contributed by atoms with van der Waals surface area (Å²) in [6.45, 7) is 4.52. The van der Waals surface area contributed by atoms with Crippen molar-refractivity contribution in [3.8, 4) is 0 Å². The maximum absolute atomic E-state index is 12.5. The van der Waals surface area contributed by atoms with Crippen LogP contribution in [-0.2, 0) is 6.18 Å². The van der Waals surface area contributed by atoms with Gasteiger partial charge in [-0.3, -0.25) is 0 Å². The Bertz CT molecular complexity index is 411. The lowest BCUT2D eigenvalue weighted by atomic mass is 10.0. The number of rotatable bonds is 4. The Morgan fingerprint density at radius 2 is 2.15 bits per heavy atom. The first-order chi connectivity index (χ1) is 9.50. The van der Waals surface area contributed by atoms with E-state index in [0.717, 1.165) is 38.3 Å². The highest BCUT2D eigenvalue weighted by molar-refractivity contribution is 5.40. The van der Waals surface area contributed by atoms with Crippen molar-refractivity contribution in [1.82, 2.24) is 10.3 Å². The third-order valence-corrected chi connectivity index (χ3v) is 3.63. The van der Waals surface area contributed by atoms with Crippen LogP contribution < -0.4 is 10.2 Å². The summed E-state index contributed by atoms with van der Waals surface area (Å²) in [6.07, 6.45) is 0.0910. The Kier molecular flexibility index (Phi) is 4.86. The number of hydrogen-bond acceptors (Lipinski definition) is 3. The third kappa shape index (κ3) is 3.85. The third-order valence-electron chi connectivity index (χ3n) is 3.63. The molecule has 0 spiro atoms. The van der Waals surface area contributed by atoms with Crippen LogP contribution in [0.25, 0.3) is 0 Å². The summed E-state index contributed by atoms with van der Waals surface area (Å²) >= 11 is 0. The minimum Gasteiger partial charge on any atom is -0.355 e. The summed E-state index contributed by atoms with van der Waals surface area (Å²) in [7, 11) is 0. The molecule has 112 valence electrons. The Morgan fingerprint density at radius 1 is 1.35 bits per heavy atom. The lowest BCUT2D eigenvalue weighted by molar-refractivity contribution is -0.137. The predicted octanol–water partition coefficient (Wildman–Crippen LogP) is 3.07. The van der Waals surface area contributed by atoms with Gasteiger partial charge in [-0.25, -0.2) is 4.98 Å². The lowest BCUT2D eigenvalue weighted by Crippen LogP contribution is -2.44. The van der Waals surface area contributed by atoms with Gasteiger partial charge in [-0.2, -0.15) is 13.2 Å². The molecule has 1 N–H and O–H groups in total.